The van der Waals surface area contributed by atoms with Crippen molar-refractivity contribution in [2.45, 2.75) is 0 Å². The lowest BCUT2D eigenvalue weighted by atomic mass is 9.77. The van der Waals surface area contributed by atoms with Gasteiger partial charge >= 0.3 is 0 Å². The number of fused-ring (bicyclic) bond motifs is 51. The fourth-order valence-electron chi connectivity index (χ4n) is 25.4. The van der Waals surface area contributed by atoms with E-state index in [1.165, 1.54) is 324 Å². The second kappa shape index (κ2) is 33.3. The van der Waals surface area contributed by atoms with Gasteiger partial charge in [-0.1, -0.05) is 413 Å². The first-order valence-electron chi connectivity index (χ1n) is 50.8. The minimum Gasteiger partial charge on any atom is -0.135 e. The molecule has 0 fully saturated rings. The topological polar surface area (TPSA) is 0 Å². The maximum atomic E-state index is 2.49. The summed E-state index contributed by atoms with van der Waals surface area (Å²) in [5, 5.41) is 31.3. The zero-order valence-electron chi connectivity index (χ0n) is 79.7. The molecule has 33 rings (SSSR count). The van der Waals surface area contributed by atoms with Crippen LogP contribution >= 0.6 is 34.0 Å². The summed E-state index contributed by atoms with van der Waals surface area (Å²) in [7, 11) is 0. The molecule has 0 saturated carbocycles. The van der Waals surface area contributed by atoms with Crippen LogP contribution in [0, 0.1) is 0 Å². The van der Waals surface area contributed by atoms with Crippen LogP contribution in [-0.4, -0.2) is 0 Å². The highest BCUT2D eigenvalue weighted by Crippen LogP contribution is 2.59. The molecule has 0 aliphatic heterocycles. The Morgan fingerprint density at radius 3 is 0.558 bits per heavy atom. The van der Waals surface area contributed by atoms with E-state index in [1.54, 1.807) is 0 Å². The van der Waals surface area contributed by atoms with E-state index in [0.29, 0.717) is 0 Å². The van der Waals surface area contributed by atoms with Crippen LogP contribution in [0.1, 0.15) is 0 Å². The van der Waals surface area contributed by atoms with E-state index < -0.39 is 0 Å². The first kappa shape index (κ1) is 83.5. The zero-order chi connectivity index (χ0) is 96.2. The van der Waals surface area contributed by atoms with Gasteiger partial charge in [-0.05, 0) is 361 Å². The molecule has 0 saturated heterocycles. The standard InChI is InChI=1S/3C48H28S/c1-5-15-35-31(11-1)32-12-2-8-18-38(32)44-27-42-36-16-6-3-13-33(36)34-14-4-7-17-37(34)43(42)28-45(44)39-23-21-29(25-41(35)39)30-22-24-48-46(26-30)40-19-9-10-20-47(40)49-48;1-4-16-35-31(12-1)32-13-2-5-17-36(32)42-28-44-40-22-11-21-30(29-24-25-47-45(26-29)38-19-9-10-23-46(38)49-47)48(40)39-20-8-7-15-34(39)33-14-3-6-18-37(33)43(44)27-41(35)42;1-4-15-34-31(12-1)32-13-2-5-16-35(32)42-28-44-37-18-7-8-20-39(37)48-30(29-24-25-47-45(26-29)38-19-9-10-23-46(38)49-47)21-11-22-40(48)33-14-3-6-17-36(33)43(44)27-41(34)42/h3*1-28H. The summed E-state index contributed by atoms with van der Waals surface area (Å²) in [5.74, 6) is 0. The summed E-state index contributed by atoms with van der Waals surface area (Å²) in [6.45, 7) is 0. The molecule has 0 unspecified atom stereocenters. The predicted molar refractivity (Wildman–Crippen MR) is 638 cm³/mol. The van der Waals surface area contributed by atoms with Crippen LogP contribution in [-0.2, 0) is 0 Å². The van der Waals surface area contributed by atoms with Crippen molar-refractivity contribution < 1.29 is 0 Å². The molecular formula is C144H84S3. The molecule has 0 atom stereocenters. The minimum absolute atomic E-state index is 1.23. The number of hydrogen-bond acceptors (Lipinski definition) is 3. The van der Waals surface area contributed by atoms with Gasteiger partial charge in [0.25, 0.3) is 0 Å². The van der Waals surface area contributed by atoms with E-state index in [1.807, 2.05) is 34.0 Å². The van der Waals surface area contributed by atoms with Gasteiger partial charge in [-0.2, -0.15) is 0 Å². The Morgan fingerprint density at radius 2 is 0.252 bits per heavy atom. The van der Waals surface area contributed by atoms with Gasteiger partial charge in [0, 0.05) is 60.5 Å². The lowest BCUT2D eigenvalue weighted by Crippen LogP contribution is -1.99. The number of rotatable bonds is 3. The van der Waals surface area contributed by atoms with Crippen molar-refractivity contribution in [1.82, 2.24) is 0 Å². The summed E-state index contributed by atoms with van der Waals surface area (Å²) in [6.07, 6.45) is 0. The monoisotopic (exact) mass is 1910 g/mol. The SMILES string of the molecule is c1ccc2c(c1)-c1cc3c4ccccc4c4ccccc4c3cc1-c1cccc(-c3ccc4sc5ccccc5c4c3)c1-c1ccccc1-2.c1ccc2c(c1)-c1cc3c4ccccc4c4ccccc4c3cc1-c1ccccc1-c1c(-c3ccc4sc5ccccc5c4c3)cccc1-2.c1ccc2c(c1)-c1ccccc1-c1cc3c4ccccc4c4ccccc4c3cc1-c1ccc(-c3ccc4sc5ccccc5c4c3)cc1-2. The van der Waals surface area contributed by atoms with Gasteiger partial charge in [-0.3, -0.25) is 0 Å². The quantitative estimate of drug-likeness (QED) is 0.155. The van der Waals surface area contributed by atoms with E-state index in [2.05, 4.69) is 510 Å². The van der Waals surface area contributed by atoms with Gasteiger partial charge in [0.1, 0.15) is 0 Å². The van der Waals surface area contributed by atoms with Crippen LogP contribution in [0.3, 0.4) is 0 Å². The largest absolute Gasteiger partial charge is 0.135 e. The molecule has 0 amide bonds. The van der Waals surface area contributed by atoms with Crippen molar-refractivity contribution in [1.29, 1.82) is 0 Å². The predicted octanol–water partition coefficient (Wildman–Crippen LogP) is 42.5. The van der Waals surface area contributed by atoms with Gasteiger partial charge in [-0.15, -0.1) is 34.0 Å². The summed E-state index contributed by atoms with van der Waals surface area (Å²) in [4.78, 5) is 0. The summed E-state index contributed by atoms with van der Waals surface area (Å²) >= 11 is 5.62. The lowest BCUT2D eigenvalue weighted by molar-refractivity contribution is 1.53. The second-order valence-corrected chi connectivity index (χ2v) is 42.8. The number of benzene rings is 27. The normalized spacial score (nSPS) is 12.1. The van der Waals surface area contributed by atoms with Crippen LogP contribution in [0.5, 0.6) is 0 Å². The van der Waals surface area contributed by atoms with Crippen molar-refractivity contribution in [2.24, 2.45) is 0 Å². The molecule has 30 aromatic rings. The van der Waals surface area contributed by atoms with Gasteiger partial charge in [-0.25, -0.2) is 0 Å². The maximum Gasteiger partial charge on any atom is 0.0355 e. The van der Waals surface area contributed by atoms with Crippen LogP contribution in [0.15, 0.2) is 510 Å². The fraction of sp³-hybridized carbons (Fsp3) is 0. The molecular weight excluding hydrogens is 1830 g/mol. The molecule has 678 valence electrons. The molecule has 0 radical (unpaired) electrons. The lowest BCUT2D eigenvalue weighted by Gasteiger charge is -2.26. The van der Waals surface area contributed by atoms with Crippen molar-refractivity contribution >= 4 is 191 Å². The Morgan fingerprint density at radius 1 is 0.0816 bits per heavy atom. The van der Waals surface area contributed by atoms with E-state index in [-0.39, 0.29) is 0 Å². The molecule has 0 N–H and O–H groups in total. The Labute approximate surface area is 860 Å². The van der Waals surface area contributed by atoms with Crippen LogP contribution in [0.25, 0.3) is 324 Å². The molecule has 3 aromatic heterocycles. The molecule has 0 nitrogen and oxygen atoms in total. The van der Waals surface area contributed by atoms with Crippen molar-refractivity contribution in [3.63, 3.8) is 0 Å². The van der Waals surface area contributed by atoms with Crippen LogP contribution < -0.4 is 0 Å². The molecule has 3 aliphatic rings. The average molecular weight is 1910 g/mol. The van der Waals surface area contributed by atoms with E-state index in [4.69, 9.17) is 0 Å². The third kappa shape index (κ3) is 13.0. The fourth-order valence-corrected chi connectivity index (χ4v) is 28.6. The summed E-state index contributed by atoms with van der Waals surface area (Å²) < 4.78 is 7.99. The molecule has 147 heavy (non-hydrogen) atoms. The Bertz CT molecular complexity index is 10900. The third-order valence-electron chi connectivity index (χ3n) is 31.9. The van der Waals surface area contributed by atoms with Crippen LogP contribution in [0.2, 0.25) is 0 Å². The summed E-state index contributed by atoms with van der Waals surface area (Å²) in [5.41, 5.74) is 38.0. The Hall–Kier alpha value is -18.1. The highest BCUT2D eigenvalue weighted by atomic mass is 32.1. The van der Waals surface area contributed by atoms with Crippen molar-refractivity contribution in [2.75, 3.05) is 0 Å². The van der Waals surface area contributed by atoms with Gasteiger partial charge in [0.15, 0.2) is 0 Å². The van der Waals surface area contributed by atoms with E-state index in [0.717, 1.165) is 0 Å². The van der Waals surface area contributed by atoms with Gasteiger partial charge in [0.2, 0.25) is 0 Å². The third-order valence-corrected chi connectivity index (χ3v) is 35.3. The zero-order valence-corrected chi connectivity index (χ0v) is 82.2. The minimum atomic E-state index is 1.23. The van der Waals surface area contributed by atoms with Gasteiger partial charge < -0.3 is 0 Å². The number of thiophene rings is 3. The molecule has 27 aromatic carbocycles. The van der Waals surface area contributed by atoms with Crippen molar-refractivity contribution in [3.05, 3.63) is 510 Å². The maximum absolute atomic E-state index is 2.49. The first-order valence-corrected chi connectivity index (χ1v) is 53.2. The Balaban J connectivity index is 0.0000000999. The first-order chi connectivity index (χ1) is 72.9. The second-order valence-electron chi connectivity index (χ2n) is 39.5. The van der Waals surface area contributed by atoms with Gasteiger partial charge in [0.05, 0.1) is 0 Å². The highest BCUT2D eigenvalue weighted by Gasteiger charge is 2.32. The van der Waals surface area contributed by atoms with Crippen molar-refractivity contribution in [3.8, 4) is 167 Å². The summed E-state index contributed by atoms with van der Waals surface area (Å²) in [6, 6.07) is 191. The highest BCUT2D eigenvalue weighted by molar-refractivity contribution is 7.26. The van der Waals surface area contributed by atoms with E-state index in [9.17, 15) is 0 Å². The molecule has 3 heteroatoms. The Kier molecular flexibility index (Phi) is 18.9. The molecule has 3 aliphatic carbocycles. The molecule has 3 heterocycles. The molecule has 0 spiro atoms. The average Bonchev–Trinajstić information content (AvgIpc) is 1.23. The van der Waals surface area contributed by atoms with Crippen LogP contribution in [0.4, 0.5) is 0 Å². The molecule has 0 bridgehead atoms. The number of hydrogen-bond donors (Lipinski definition) is 0. The smallest absolute Gasteiger partial charge is 0.0355 e. The van der Waals surface area contributed by atoms with E-state index >= 15 is 0 Å².